The van der Waals surface area contributed by atoms with Crippen LogP contribution in [0.2, 0.25) is 0 Å². The Morgan fingerprint density at radius 2 is 2.07 bits per heavy atom. The summed E-state index contributed by atoms with van der Waals surface area (Å²) in [6, 6.07) is -0.377. The molecule has 6 heteroatoms. The molecule has 0 aromatic heterocycles. The van der Waals surface area contributed by atoms with Gasteiger partial charge >= 0.3 is 5.97 Å². The van der Waals surface area contributed by atoms with Gasteiger partial charge in [-0.05, 0) is 12.3 Å². The second-order valence-electron chi connectivity index (χ2n) is 4.08. The van der Waals surface area contributed by atoms with Crippen molar-refractivity contribution >= 4 is 15.8 Å². The fraction of sp³-hybridized carbons (Fsp3) is 0.875. The molecule has 0 bridgehead atoms. The maximum atomic E-state index is 10.9. The summed E-state index contributed by atoms with van der Waals surface area (Å²) >= 11 is 0. The number of nitrogens with zero attached hydrogens (tertiary/aromatic N) is 1. The van der Waals surface area contributed by atoms with E-state index in [1.165, 1.54) is 0 Å². The molecule has 1 atom stereocenters. The molecule has 2 rings (SSSR count). The van der Waals surface area contributed by atoms with Crippen LogP contribution in [0.4, 0.5) is 0 Å². The van der Waals surface area contributed by atoms with Crippen LogP contribution in [0.5, 0.6) is 0 Å². The van der Waals surface area contributed by atoms with Gasteiger partial charge in [-0.2, -0.15) is 0 Å². The van der Waals surface area contributed by atoms with Crippen molar-refractivity contribution in [3.8, 4) is 0 Å². The van der Waals surface area contributed by atoms with Crippen LogP contribution in [0.3, 0.4) is 0 Å². The molecule has 0 aliphatic carbocycles. The standard InChI is InChI=1S/C8H13NO4S/c10-8(11)7-1-2-9(7)3-6-4-14(12,13)5-6/h6-7H,1-5H2,(H,10,11). The fourth-order valence-corrected chi connectivity index (χ4v) is 3.60. The molecule has 0 spiro atoms. The van der Waals surface area contributed by atoms with Crippen LogP contribution in [-0.2, 0) is 14.6 Å². The van der Waals surface area contributed by atoms with E-state index in [9.17, 15) is 13.2 Å². The maximum absolute atomic E-state index is 10.9. The van der Waals surface area contributed by atoms with Crippen molar-refractivity contribution in [3.05, 3.63) is 0 Å². The zero-order chi connectivity index (χ0) is 10.3. The predicted molar refractivity (Wildman–Crippen MR) is 49.8 cm³/mol. The van der Waals surface area contributed by atoms with Gasteiger partial charge < -0.3 is 5.11 Å². The number of carbonyl (C=O) groups is 1. The molecule has 2 fully saturated rings. The summed E-state index contributed by atoms with van der Waals surface area (Å²) in [6.07, 6.45) is 0.689. The van der Waals surface area contributed by atoms with Crippen molar-refractivity contribution < 1.29 is 18.3 Å². The minimum absolute atomic E-state index is 0.155. The Bertz CT molecular complexity index is 338. The lowest BCUT2D eigenvalue weighted by atomic mass is 10.0. The van der Waals surface area contributed by atoms with Gasteiger partial charge in [0, 0.05) is 13.1 Å². The average Bonchev–Trinajstić information content (AvgIpc) is 1.92. The Balaban J connectivity index is 1.80. The number of carboxylic acid groups (broad SMARTS) is 1. The van der Waals surface area contributed by atoms with E-state index in [-0.39, 0.29) is 23.5 Å². The third kappa shape index (κ3) is 1.76. The molecule has 0 aromatic rings. The summed E-state index contributed by atoms with van der Waals surface area (Å²) in [5, 5.41) is 8.75. The summed E-state index contributed by atoms with van der Waals surface area (Å²) in [7, 11) is -2.77. The van der Waals surface area contributed by atoms with Gasteiger partial charge in [0.05, 0.1) is 11.5 Å². The van der Waals surface area contributed by atoms with Crippen molar-refractivity contribution in [1.29, 1.82) is 0 Å². The van der Waals surface area contributed by atoms with E-state index in [0.717, 1.165) is 6.54 Å². The molecule has 1 unspecified atom stereocenters. The Morgan fingerprint density at radius 3 is 2.43 bits per heavy atom. The molecule has 2 aliphatic rings. The SMILES string of the molecule is O=C(O)C1CCN1CC1CS(=O)(=O)C1. The van der Waals surface area contributed by atoms with Crippen LogP contribution < -0.4 is 0 Å². The number of likely N-dealkylation sites (tertiary alicyclic amines) is 1. The largest absolute Gasteiger partial charge is 0.480 e. The third-order valence-corrected chi connectivity index (χ3v) is 4.85. The summed E-state index contributed by atoms with van der Waals surface area (Å²) in [5.74, 6) is -0.174. The number of aliphatic carboxylic acids is 1. The van der Waals surface area contributed by atoms with Gasteiger partial charge in [-0.25, -0.2) is 8.42 Å². The molecule has 0 radical (unpaired) electrons. The number of hydrogen-bond donors (Lipinski definition) is 1. The Morgan fingerprint density at radius 1 is 1.43 bits per heavy atom. The van der Waals surface area contributed by atoms with Gasteiger partial charge in [-0.15, -0.1) is 0 Å². The molecule has 5 nitrogen and oxygen atoms in total. The quantitative estimate of drug-likeness (QED) is 0.672. The minimum Gasteiger partial charge on any atom is -0.480 e. The van der Waals surface area contributed by atoms with Crippen LogP contribution in [0.15, 0.2) is 0 Å². The summed E-state index contributed by atoms with van der Waals surface area (Å²) in [5.41, 5.74) is 0. The van der Waals surface area contributed by atoms with E-state index in [1.54, 1.807) is 0 Å². The molecule has 0 aromatic carbocycles. The van der Waals surface area contributed by atoms with E-state index in [4.69, 9.17) is 5.11 Å². The third-order valence-electron chi connectivity index (χ3n) is 2.89. The number of sulfone groups is 1. The number of carboxylic acids is 1. The summed E-state index contributed by atoms with van der Waals surface area (Å²) in [6.45, 7) is 1.41. The van der Waals surface area contributed by atoms with Crippen molar-refractivity contribution in [3.63, 3.8) is 0 Å². The molecular formula is C8H13NO4S. The molecule has 14 heavy (non-hydrogen) atoms. The lowest BCUT2D eigenvalue weighted by Gasteiger charge is -2.41. The topological polar surface area (TPSA) is 74.7 Å². The van der Waals surface area contributed by atoms with Crippen molar-refractivity contribution in [1.82, 2.24) is 4.90 Å². The zero-order valence-corrected chi connectivity index (χ0v) is 8.53. The van der Waals surface area contributed by atoms with Crippen LogP contribution in [0, 0.1) is 5.92 Å². The summed E-state index contributed by atoms with van der Waals surface area (Å²) < 4.78 is 21.7. The molecule has 2 aliphatic heterocycles. The monoisotopic (exact) mass is 219 g/mol. The highest BCUT2D eigenvalue weighted by Crippen LogP contribution is 2.25. The molecule has 0 amide bonds. The lowest BCUT2D eigenvalue weighted by molar-refractivity contribution is -0.148. The Hall–Kier alpha value is -0.620. The van der Waals surface area contributed by atoms with Gasteiger partial charge in [-0.3, -0.25) is 9.69 Å². The highest BCUT2D eigenvalue weighted by atomic mass is 32.2. The summed E-state index contributed by atoms with van der Waals surface area (Å²) in [4.78, 5) is 12.5. The van der Waals surface area contributed by atoms with Gasteiger partial charge in [0.2, 0.25) is 0 Å². The first kappa shape index (κ1) is 9.92. The fourth-order valence-electron chi connectivity index (χ4n) is 2.05. The van der Waals surface area contributed by atoms with Gasteiger partial charge in [0.25, 0.3) is 0 Å². The van der Waals surface area contributed by atoms with Crippen molar-refractivity contribution in [2.24, 2.45) is 5.92 Å². The lowest BCUT2D eigenvalue weighted by Crippen LogP contribution is -2.56. The average molecular weight is 219 g/mol. The second-order valence-corrected chi connectivity index (χ2v) is 6.23. The van der Waals surface area contributed by atoms with Gasteiger partial charge in [0.15, 0.2) is 9.84 Å². The molecular weight excluding hydrogens is 206 g/mol. The number of hydrogen-bond acceptors (Lipinski definition) is 4. The van der Waals surface area contributed by atoms with Crippen LogP contribution in [0.25, 0.3) is 0 Å². The number of rotatable bonds is 3. The minimum atomic E-state index is -2.77. The first-order chi connectivity index (χ1) is 6.48. The van der Waals surface area contributed by atoms with Gasteiger partial charge in [-0.1, -0.05) is 0 Å². The van der Waals surface area contributed by atoms with Crippen LogP contribution in [0.1, 0.15) is 6.42 Å². The van der Waals surface area contributed by atoms with Crippen LogP contribution in [-0.4, -0.2) is 55.0 Å². The van der Waals surface area contributed by atoms with E-state index < -0.39 is 15.8 Å². The second kappa shape index (κ2) is 3.20. The van der Waals surface area contributed by atoms with Crippen molar-refractivity contribution in [2.75, 3.05) is 24.6 Å². The first-order valence-electron chi connectivity index (χ1n) is 4.65. The van der Waals surface area contributed by atoms with E-state index >= 15 is 0 Å². The van der Waals surface area contributed by atoms with E-state index in [2.05, 4.69) is 0 Å². The molecule has 2 heterocycles. The molecule has 2 saturated heterocycles. The Labute approximate surface area is 82.6 Å². The van der Waals surface area contributed by atoms with E-state index in [1.807, 2.05) is 4.90 Å². The molecule has 80 valence electrons. The highest BCUT2D eigenvalue weighted by molar-refractivity contribution is 7.92. The molecule has 1 N–H and O–H groups in total. The van der Waals surface area contributed by atoms with Crippen LogP contribution >= 0.6 is 0 Å². The first-order valence-corrected chi connectivity index (χ1v) is 6.47. The molecule has 0 saturated carbocycles. The van der Waals surface area contributed by atoms with Crippen molar-refractivity contribution in [2.45, 2.75) is 12.5 Å². The predicted octanol–water partition coefficient (Wildman–Crippen LogP) is -0.810. The van der Waals surface area contributed by atoms with E-state index in [0.29, 0.717) is 13.0 Å². The maximum Gasteiger partial charge on any atom is 0.320 e. The normalized spacial score (nSPS) is 31.9. The Kier molecular flexibility index (Phi) is 2.27. The zero-order valence-electron chi connectivity index (χ0n) is 7.72. The van der Waals surface area contributed by atoms with Gasteiger partial charge in [0.1, 0.15) is 6.04 Å². The highest BCUT2D eigenvalue weighted by Gasteiger charge is 2.40. The smallest absolute Gasteiger partial charge is 0.320 e.